The number of carbonyl (C=O) groups is 1. The van der Waals surface area contributed by atoms with Crippen molar-refractivity contribution < 1.29 is 17.9 Å². The normalized spacial score (nSPS) is 11.1. The molecule has 2 N–H and O–H groups in total. The molecule has 5 nitrogen and oxygen atoms in total. The number of nitrogens with two attached hydrogens (primary N) is 1. The monoisotopic (exact) mass is 243 g/mol. The molecule has 0 aliphatic heterocycles. The lowest BCUT2D eigenvalue weighted by atomic mass is 10.3. The Morgan fingerprint density at radius 1 is 1.44 bits per heavy atom. The van der Waals surface area contributed by atoms with E-state index in [2.05, 4.69) is 0 Å². The molecule has 0 bridgehead atoms. The number of primary amides is 1. The number of rotatable bonds is 5. The number of carbonyl (C=O) groups excluding carboxylic acids is 1. The van der Waals surface area contributed by atoms with Crippen molar-refractivity contribution in [3.05, 3.63) is 24.3 Å². The fourth-order valence-electron chi connectivity index (χ4n) is 1.06. The summed E-state index contributed by atoms with van der Waals surface area (Å²) in [4.78, 5) is 10.6. The maximum Gasteiger partial charge on any atom is 0.220 e. The molecule has 1 rings (SSSR count). The highest BCUT2D eigenvalue weighted by molar-refractivity contribution is 7.90. The van der Waals surface area contributed by atoms with Gasteiger partial charge in [0.2, 0.25) is 5.91 Å². The van der Waals surface area contributed by atoms with E-state index in [0.29, 0.717) is 5.75 Å². The summed E-state index contributed by atoms with van der Waals surface area (Å²) in [6.07, 6.45) is 1.22. The summed E-state index contributed by atoms with van der Waals surface area (Å²) in [5.74, 6) is -0.0524. The van der Waals surface area contributed by atoms with Crippen molar-refractivity contribution in [2.24, 2.45) is 5.73 Å². The summed E-state index contributed by atoms with van der Waals surface area (Å²) in [5.41, 5.74) is 4.94. The van der Waals surface area contributed by atoms with Gasteiger partial charge in [-0.1, -0.05) is 6.07 Å². The second kappa shape index (κ2) is 4.98. The first-order valence-corrected chi connectivity index (χ1v) is 6.50. The van der Waals surface area contributed by atoms with Crippen LogP contribution in [0.2, 0.25) is 0 Å². The number of hydrogen-bond donors (Lipinski definition) is 1. The van der Waals surface area contributed by atoms with Crippen LogP contribution < -0.4 is 10.5 Å². The summed E-state index contributed by atoms with van der Waals surface area (Å²) in [5, 5.41) is 0. The number of benzene rings is 1. The summed E-state index contributed by atoms with van der Waals surface area (Å²) >= 11 is 0. The zero-order valence-corrected chi connectivity index (χ0v) is 9.66. The van der Waals surface area contributed by atoms with Crippen LogP contribution in [-0.2, 0) is 14.6 Å². The molecular formula is C10H13NO4S. The lowest BCUT2D eigenvalue weighted by molar-refractivity contribution is -0.118. The second-order valence-electron chi connectivity index (χ2n) is 3.31. The van der Waals surface area contributed by atoms with Crippen molar-refractivity contribution in [1.29, 1.82) is 0 Å². The van der Waals surface area contributed by atoms with Gasteiger partial charge in [-0.15, -0.1) is 0 Å². The molecule has 0 spiro atoms. The molecule has 0 saturated carbocycles. The number of sulfone groups is 1. The Kier molecular flexibility index (Phi) is 3.89. The van der Waals surface area contributed by atoms with Crippen LogP contribution in [0.25, 0.3) is 0 Å². The Morgan fingerprint density at radius 3 is 2.69 bits per heavy atom. The Labute approximate surface area is 94.1 Å². The van der Waals surface area contributed by atoms with Crippen molar-refractivity contribution in [2.75, 3.05) is 12.9 Å². The third-order valence-electron chi connectivity index (χ3n) is 1.85. The van der Waals surface area contributed by atoms with E-state index in [4.69, 9.17) is 10.5 Å². The van der Waals surface area contributed by atoms with E-state index in [0.717, 1.165) is 6.26 Å². The van der Waals surface area contributed by atoms with E-state index < -0.39 is 15.7 Å². The van der Waals surface area contributed by atoms with Gasteiger partial charge in [0.25, 0.3) is 0 Å². The van der Waals surface area contributed by atoms with Gasteiger partial charge in [0, 0.05) is 6.26 Å². The van der Waals surface area contributed by atoms with Crippen molar-refractivity contribution in [3.63, 3.8) is 0 Å². The van der Waals surface area contributed by atoms with Gasteiger partial charge in [-0.3, -0.25) is 4.79 Å². The maximum atomic E-state index is 11.2. The van der Waals surface area contributed by atoms with E-state index in [9.17, 15) is 13.2 Å². The molecule has 6 heteroatoms. The van der Waals surface area contributed by atoms with Crippen molar-refractivity contribution in [1.82, 2.24) is 0 Å². The SMILES string of the molecule is CS(=O)(=O)c1cccc(OCCC(N)=O)c1. The first-order chi connectivity index (χ1) is 7.39. The summed E-state index contributed by atoms with van der Waals surface area (Å²) < 4.78 is 27.7. The fourth-order valence-corrected chi connectivity index (χ4v) is 1.72. The van der Waals surface area contributed by atoms with E-state index in [-0.39, 0.29) is 17.9 Å². The molecule has 88 valence electrons. The quantitative estimate of drug-likeness (QED) is 0.808. The summed E-state index contributed by atoms with van der Waals surface area (Å²) in [6.45, 7) is 0.141. The van der Waals surface area contributed by atoms with Crippen LogP contribution in [0.15, 0.2) is 29.2 Å². The third-order valence-corrected chi connectivity index (χ3v) is 2.96. The van der Waals surface area contributed by atoms with E-state index in [1.165, 1.54) is 12.1 Å². The lowest BCUT2D eigenvalue weighted by Crippen LogP contribution is -2.14. The molecule has 0 atom stereocenters. The Bertz CT molecular complexity index is 481. The molecule has 1 aromatic carbocycles. The van der Waals surface area contributed by atoms with Crippen molar-refractivity contribution in [2.45, 2.75) is 11.3 Å². The molecule has 0 radical (unpaired) electrons. The molecule has 1 aromatic rings. The van der Waals surface area contributed by atoms with Gasteiger partial charge in [0.15, 0.2) is 9.84 Å². The molecule has 16 heavy (non-hydrogen) atoms. The zero-order valence-electron chi connectivity index (χ0n) is 8.84. The average Bonchev–Trinajstić information content (AvgIpc) is 2.16. The van der Waals surface area contributed by atoms with E-state index >= 15 is 0 Å². The van der Waals surface area contributed by atoms with Gasteiger partial charge in [0.05, 0.1) is 17.9 Å². The van der Waals surface area contributed by atoms with Crippen LogP contribution in [0.5, 0.6) is 5.75 Å². The molecule has 0 unspecified atom stereocenters. The topological polar surface area (TPSA) is 86.5 Å². The average molecular weight is 243 g/mol. The first-order valence-electron chi connectivity index (χ1n) is 4.61. The molecule has 0 aromatic heterocycles. The molecule has 0 saturated heterocycles. The zero-order chi connectivity index (χ0) is 12.2. The van der Waals surface area contributed by atoms with Gasteiger partial charge in [0.1, 0.15) is 5.75 Å². The molecular weight excluding hydrogens is 230 g/mol. The molecule has 1 amide bonds. The highest BCUT2D eigenvalue weighted by atomic mass is 32.2. The Hall–Kier alpha value is -1.56. The van der Waals surface area contributed by atoms with Crippen LogP contribution in [0, 0.1) is 0 Å². The third kappa shape index (κ3) is 3.90. The minimum Gasteiger partial charge on any atom is -0.493 e. The van der Waals surface area contributed by atoms with Crippen LogP contribution >= 0.6 is 0 Å². The standard InChI is InChI=1S/C10H13NO4S/c1-16(13,14)9-4-2-3-8(7-9)15-6-5-10(11)12/h2-4,7H,5-6H2,1H3,(H2,11,12). The van der Waals surface area contributed by atoms with Gasteiger partial charge < -0.3 is 10.5 Å². The molecule has 0 aliphatic rings. The van der Waals surface area contributed by atoms with E-state index in [1.807, 2.05) is 0 Å². The molecule has 0 heterocycles. The predicted octanol–water partition coefficient (Wildman–Crippen LogP) is 0.344. The summed E-state index contributed by atoms with van der Waals surface area (Å²) in [7, 11) is -3.24. The number of amides is 1. The van der Waals surface area contributed by atoms with Crippen LogP contribution in [0.4, 0.5) is 0 Å². The smallest absolute Gasteiger partial charge is 0.220 e. The van der Waals surface area contributed by atoms with Crippen molar-refractivity contribution >= 4 is 15.7 Å². The lowest BCUT2D eigenvalue weighted by Gasteiger charge is -2.05. The highest BCUT2D eigenvalue weighted by Crippen LogP contribution is 2.17. The fraction of sp³-hybridized carbons (Fsp3) is 0.300. The van der Waals surface area contributed by atoms with Crippen LogP contribution in [0.3, 0.4) is 0 Å². The maximum absolute atomic E-state index is 11.2. The van der Waals surface area contributed by atoms with Gasteiger partial charge in [-0.25, -0.2) is 8.42 Å². The minimum absolute atomic E-state index is 0.100. The Morgan fingerprint density at radius 2 is 2.12 bits per heavy atom. The second-order valence-corrected chi connectivity index (χ2v) is 5.33. The largest absolute Gasteiger partial charge is 0.493 e. The summed E-state index contributed by atoms with van der Waals surface area (Å²) in [6, 6.07) is 6.10. The first kappa shape index (κ1) is 12.5. The molecule has 0 aliphatic carbocycles. The van der Waals surface area contributed by atoms with Crippen molar-refractivity contribution in [3.8, 4) is 5.75 Å². The van der Waals surface area contributed by atoms with Gasteiger partial charge >= 0.3 is 0 Å². The molecule has 0 fully saturated rings. The van der Waals surface area contributed by atoms with Crippen LogP contribution in [-0.4, -0.2) is 27.2 Å². The predicted molar refractivity (Wildman–Crippen MR) is 58.9 cm³/mol. The van der Waals surface area contributed by atoms with Gasteiger partial charge in [-0.2, -0.15) is 0 Å². The van der Waals surface area contributed by atoms with Crippen LogP contribution in [0.1, 0.15) is 6.42 Å². The number of hydrogen-bond acceptors (Lipinski definition) is 4. The van der Waals surface area contributed by atoms with Gasteiger partial charge in [-0.05, 0) is 18.2 Å². The van der Waals surface area contributed by atoms with E-state index in [1.54, 1.807) is 12.1 Å². The highest BCUT2D eigenvalue weighted by Gasteiger charge is 2.07. The number of ether oxygens (including phenoxy) is 1. The Balaban J connectivity index is 2.72. The minimum atomic E-state index is -3.24.